The Balaban J connectivity index is 0.873. The minimum atomic E-state index is -1.79. The third-order valence-corrected chi connectivity index (χ3v) is 20.8. The van der Waals surface area contributed by atoms with Crippen LogP contribution in [0.3, 0.4) is 0 Å². The van der Waals surface area contributed by atoms with Gasteiger partial charge >= 0.3 is 72.3 Å². The van der Waals surface area contributed by atoms with Crippen LogP contribution in [0.25, 0.3) is 0 Å². The molecule has 5 aliphatic rings. The van der Waals surface area contributed by atoms with Gasteiger partial charge in [0.25, 0.3) is 0 Å². The van der Waals surface area contributed by atoms with E-state index in [1.54, 1.807) is 27.7 Å². The topological polar surface area (TPSA) is 699 Å². The number of nitrogens with two attached hydrogens (primary N) is 2. The monoisotopic (exact) mass is 1800 g/mol. The zero-order valence-corrected chi connectivity index (χ0v) is 70.7. The quantitative estimate of drug-likeness (QED) is 0.0127. The molecule has 1 unspecified atom stereocenters. The van der Waals surface area contributed by atoms with E-state index in [0.717, 1.165) is 34.3 Å². The van der Waals surface area contributed by atoms with Gasteiger partial charge in [0.2, 0.25) is 41.4 Å². The van der Waals surface area contributed by atoms with Crippen LogP contribution in [-0.2, 0) is 94.4 Å². The van der Waals surface area contributed by atoms with Gasteiger partial charge in [0, 0.05) is 93.0 Å². The van der Waals surface area contributed by atoms with E-state index in [4.69, 9.17) is 41.3 Å². The molecule has 0 aromatic heterocycles. The number of nitrogens with zero attached hydrogens (tertiary/aromatic N) is 8. The highest BCUT2D eigenvalue weighted by Crippen LogP contribution is 2.30. The molecule has 21 amide bonds. The molecule has 7 rings (SSSR count). The zero-order valence-electron chi connectivity index (χ0n) is 71.7. The standard InChI is InChI=1S/C76H110N20O31/c1-38(2)51(63(108)83-44(11-9-23-79-69(77)114)61(106)81-42-17-13-40(14-18-42)34-124-73(118)89(5)25-27-91(7)75(120)126-36-46-53(100)55(102)57(104)59-87-65(110)67(112)95(46)59)85-71(116)122-31-29-93(50(99)33-94-48(97)21-22-49(94)98)30-32-123-72(117)86-52(39(3)4)64(109)84-45(12-10-24-80-70(78)115)62(107)82-43-19-15-41(16-20-43)35-125-74(119)90(6)26-28-92(8)76(121)127-37-47-54(101)56(103)58(105)60-88-66(111)68(113)96(47)60/h13-20,38-39,44-47,51-60,100-105H,9-12,21-37H2,1-8H3,(H,81,106)(H,82,107)(H,83,108)(H,84,109)(H,85,116)(H,86,117)(H,87,110)(H,88,111)(H3,77,79,114)(H3,78,80,115)/t44-,45-,46+,47+,51-,52-,53+,54+,55-,56-,57-,58-,59-,60-/m0/s1/i21T/t21?,44-,45-,46+,47+,51-,52-,53+,54+,55-,56-,57-,58-,59-,60-. The summed E-state index contributed by atoms with van der Waals surface area (Å²) >= 11 is 0. The van der Waals surface area contributed by atoms with E-state index in [0.29, 0.717) is 16.0 Å². The van der Waals surface area contributed by atoms with Gasteiger partial charge in [-0.05, 0) is 72.9 Å². The SMILES string of the molecule is [3H]C1CC(=O)N(CC(=O)N(CCOC(=O)N[C@H](C(=O)N[C@@H](CCCNC(N)=O)C(=O)Nc2ccc(COC(=O)N(C)CCN(C)C(=O)OC[C@@H]3[C@@H](O)[C@H](O)[C@H](O)[C@H]4NC(=O)C(=O)N34)cc2)C(C)C)CCOC(=O)N[C@H](C(=O)N[C@@H](CCCNC(N)=O)C(=O)Nc2ccc(COC(=O)N(C)CCN(C)C(=O)OC[C@@H]3[C@@H](O)[C@H](O)[C@H](O)[C@H]4NC(=O)C(=O)N34)cc2)C(C)C)C1=O. The number of carbonyl (C=O) groups excluding carboxylic acids is 19. The summed E-state index contributed by atoms with van der Waals surface area (Å²) < 4.78 is 40.0. The van der Waals surface area contributed by atoms with Crippen molar-refractivity contribution in [2.24, 2.45) is 23.3 Å². The third-order valence-electron chi connectivity index (χ3n) is 20.8. The average Bonchev–Trinajstić information content (AvgIpc) is 1.60. The number of amides is 21. The van der Waals surface area contributed by atoms with Crippen molar-refractivity contribution in [3.63, 3.8) is 0 Å². The number of likely N-dealkylation sites (N-methyl/N-ethyl adjacent to an activating group) is 4. The first-order valence-electron chi connectivity index (χ1n) is 40.7. The van der Waals surface area contributed by atoms with Crippen LogP contribution in [-0.4, -0.2) is 382 Å². The van der Waals surface area contributed by atoms with Gasteiger partial charge in [0.15, 0.2) is 0 Å². The first-order chi connectivity index (χ1) is 60.4. The Labute approximate surface area is 727 Å². The van der Waals surface area contributed by atoms with Gasteiger partial charge in [-0.25, -0.2) is 38.4 Å². The number of fused-ring (bicyclic) bond motifs is 2. The highest BCUT2D eigenvalue weighted by atomic mass is 16.6. The predicted molar refractivity (Wildman–Crippen MR) is 431 cm³/mol. The first-order valence-corrected chi connectivity index (χ1v) is 40.1. The fourth-order valence-electron chi connectivity index (χ4n) is 13.3. The molecule has 5 saturated heterocycles. The second kappa shape index (κ2) is 47.2. The Morgan fingerprint density at radius 1 is 0.472 bits per heavy atom. The molecule has 5 heterocycles. The fourth-order valence-corrected chi connectivity index (χ4v) is 13.3. The maximum absolute atomic E-state index is 14.1. The first kappa shape index (κ1) is 99.2. The maximum Gasteiger partial charge on any atom is 0.409 e. The highest BCUT2D eigenvalue weighted by molar-refractivity contribution is 6.37. The van der Waals surface area contributed by atoms with Gasteiger partial charge in [0.1, 0.15) is 119 Å². The smallest absolute Gasteiger partial charge is 0.409 e. The minimum Gasteiger partial charge on any atom is -0.448 e. The fraction of sp³-hybridized carbons (Fsp3) is 0.592. The number of imide groups is 1. The minimum absolute atomic E-state index is 0.0256. The van der Waals surface area contributed by atoms with Crippen molar-refractivity contribution in [3.8, 4) is 0 Å². The number of benzene rings is 2. The molecule has 127 heavy (non-hydrogen) atoms. The lowest BCUT2D eigenvalue weighted by atomic mass is 9.92. The molecule has 51 heteroatoms. The van der Waals surface area contributed by atoms with E-state index in [1.165, 1.54) is 76.7 Å². The summed E-state index contributed by atoms with van der Waals surface area (Å²) in [7, 11) is 5.41. The Kier molecular flexibility index (Phi) is 36.8. The number of hydrogen-bond acceptors (Lipinski definition) is 31. The molecule has 51 nitrogen and oxygen atoms in total. The van der Waals surface area contributed by atoms with Crippen LogP contribution in [0.5, 0.6) is 0 Å². The summed E-state index contributed by atoms with van der Waals surface area (Å²) in [5, 5.41) is 86.8. The zero-order chi connectivity index (χ0) is 94.8. The maximum atomic E-state index is 14.1. The second-order valence-electron chi connectivity index (χ2n) is 30.8. The summed E-state index contributed by atoms with van der Waals surface area (Å²) in [5.41, 5.74) is 11.8. The average molecular weight is 1800 g/mol. The molecule has 700 valence electrons. The predicted octanol–water partition coefficient (Wildman–Crippen LogP) is -6.62. The van der Waals surface area contributed by atoms with Crippen molar-refractivity contribution in [1.29, 1.82) is 0 Å². The number of rotatable bonds is 42. The number of aliphatic hydroxyl groups is 6. The molecule has 0 bridgehead atoms. The second-order valence-corrected chi connectivity index (χ2v) is 30.8. The molecule has 15 atom stereocenters. The number of piperidine rings is 2. The van der Waals surface area contributed by atoms with Crippen LogP contribution in [0.1, 0.15) is 78.7 Å². The van der Waals surface area contributed by atoms with Crippen molar-refractivity contribution in [1.82, 2.24) is 81.7 Å². The number of urea groups is 2. The molecule has 0 radical (unpaired) electrons. The molecule has 5 fully saturated rings. The van der Waals surface area contributed by atoms with Gasteiger partial charge in [-0.1, -0.05) is 52.0 Å². The van der Waals surface area contributed by atoms with E-state index >= 15 is 0 Å². The normalized spacial score (nSPS) is 21.5. The summed E-state index contributed by atoms with van der Waals surface area (Å²) in [5.74, 6) is -11.8. The van der Waals surface area contributed by atoms with Crippen LogP contribution in [0, 0.1) is 11.8 Å². The van der Waals surface area contributed by atoms with E-state index < -0.39 is 270 Å². The number of ether oxygens (including phenoxy) is 6. The van der Waals surface area contributed by atoms with E-state index in [9.17, 15) is 122 Å². The number of aliphatic hydroxyl groups excluding tert-OH is 6. The van der Waals surface area contributed by atoms with Gasteiger partial charge in [0.05, 0.1) is 25.2 Å². The third kappa shape index (κ3) is 28.6. The largest absolute Gasteiger partial charge is 0.448 e. The van der Waals surface area contributed by atoms with Gasteiger partial charge in [-0.3, -0.25) is 57.6 Å². The van der Waals surface area contributed by atoms with Gasteiger partial charge in [-0.2, -0.15) is 0 Å². The van der Waals surface area contributed by atoms with Crippen LogP contribution >= 0.6 is 0 Å². The molecule has 0 spiro atoms. The Morgan fingerprint density at radius 2 is 0.827 bits per heavy atom. The van der Waals surface area contributed by atoms with Crippen LogP contribution in [0.15, 0.2) is 48.5 Å². The van der Waals surface area contributed by atoms with Crippen molar-refractivity contribution < 1.29 is 152 Å². The van der Waals surface area contributed by atoms with Gasteiger partial charge < -0.3 is 158 Å². The van der Waals surface area contributed by atoms with Crippen molar-refractivity contribution >= 4 is 125 Å². The van der Waals surface area contributed by atoms with Crippen LogP contribution in [0.4, 0.5) is 49.7 Å². The molecule has 0 aliphatic carbocycles. The molecular formula is C76H110N20O31. The Hall–Kier alpha value is -13.3. The number of hydrogen-bond donors (Lipinski definition) is 18. The lowest BCUT2D eigenvalue weighted by Gasteiger charge is -2.44. The Morgan fingerprint density at radius 3 is 1.16 bits per heavy atom. The molecule has 2 aromatic rings. The number of anilines is 2. The molecule has 20 N–H and O–H groups in total. The van der Waals surface area contributed by atoms with Crippen molar-refractivity contribution in [2.45, 2.75) is 165 Å². The number of carbonyl (C=O) groups is 19. The number of likely N-dealkylation sites (tertiary alicyclic amines) is 1. The highest BCUT2D eigenvalue weighted by Gasteiger charge is 2.57. The summed E-state index contributed by atoms with van der Waals surface area (Å²) in [6.07, 6.45) is -21.3. The van der Waals surface area contributed by atoms with Crippen molar-refractivity contribution in [2.75, 3.05) is 124 Å². The van der Waals surface area contributed by atoms with Crippen LogP contribution < -0.4 is 64.6 Å². The molecular weight excluding hydrogens is 1690 g/mol. The Bertz CT molecular complexity index is 4130. The summed E-state index contributed by atoms with van der Waals surface area (Å²) in [6, 6.07) is 1.88. The lowest BCUT2D eigenvalue weighted by molar-refractivity contribution is -0.175. The van der Waals surface area contributed by atoms with E-state index in [1.807, 2.05) is 0 Å². The van der Waals surface area contributed by atoms with Gasteiger partial charge in [-0.15, -0.1) is 0 Å². The van der Waals surface area contributed by atoms with Crippen LogP contribution in [0.2, 0.25) is 0 Å². The summed E-state index contributed by atoms with van der Waals surface area (Å²) in [6.45, 7) is 0.703. The molecule has 0 saturated carbocycles. The lowest BCUT2D eigenvalue weighted by Crippen LogP contribution is -2.68. The summed E-state index contributed by atoms with van der Waals surface area (Å²) in [4.78, 5) is 254. The van der Waals surface area contributed by atoms with E-state index in [2.05, 4.69) is 53.2 Å². The number of alkyl carbamates (subject to hydrolysis) is 2. The molecule has 5 aliphatic heterocycles. The van der Waals surface area contributed by atoms with E-state index in [-0.39, 0.29) is 89.5 Å². The molecule has 2 aromatic carbocycles. The number of primary amides is 2. The van der Waals surface area contributed by atoms with Crippen molar-refractivity contribution in [3.05, 3.63) is 59.7 Å². The number of nitrogens with one attached hydrogen (secondary N) is 10.